The Bertz CT molecular complexity index is 580. The number of rotatable bonds is 7. The van der Waals surface area contributed by atoms with Crippen molar-refractivity contribution < 1.29 is 35.9 Å². The van der Waals surface area contributed by atoms with E-state index in [9.17, 15) is 31.1 Å². The highest BCUT2D eigenvalue weighted by atomic mass is 19.4. The maximum atomic E-state index is 13.1. The van der Waals surface area contributed by atoms with E-state index >= 15 is 0 Å². The molecule has 0 aliphatic rings. The quantitative estimate of drug-likeness (QED) is 0.552. The molecule has 0 heterocycles. The van der Waals surface area contributed by atoms with Crippen molar-refractivity contribution in [1.29, 1.82) is 0 Å². The average Bonchev–Trinajstić information content (AvgIpc) is 2.55. The monoisotopic (exact) mass is 385 g/mol. The van der Waals surface area contributed by atoms with Crippen LogP contribution in [0.4, 0.5) is 26.3 Å². The van der Waals surface area contributed by atoms with Gasteiger partial charge in [0.25, 0.3) is 0 Å². The van der Waals surface area contributed by atoms with Gasteiger partial charge in [-0.1, -0.05) is 19.4 Å². The number of methoxy groups -OCH3 is 1. The van der Waals surface area contributed by atoms with Gasteiger partial charge in [-0.25, -0.2) is 0 Å². The third kappa shape index (κ3) is 5.89. The number of ether oxygens (including phenoxy) is 1. The lowest BCUT2D eigenvalue weighted by atomic mass is 9.88. The number of alkyl halides is 6. The molecule has 0 amide bonds. The fourth-order valence-corrected chi connectivity index (χ4v) is 2.83. The van der Waals surface area contributed by atoms with Gasteiger partial charge in [-0.3, -0.25) is 4.79 Å². The van der Waals surface area contributed by atoms with Crippen LogP contribution in [0.15, 0.2) is 18.2 Å². The molecule has 0 aromatic heterocycles. The first kappa shape index (κ1) is 22.3. The van der Waals surface area contributed by atoms with Crippen molar-refractivity contribution >= 4 is 5.97 Å². The van der Waals surface area contributed by atoms with E-state index in [0.717, 1.165) is 13.2 Å². The van der Waals surface area contributed by atoms with E-state index in [1.165, 1.54) is 0 Å². The van der Waals surface area contributed by atoms with Crippen LogP contribution in [0, 0.1) is 5.92 Å². The Balaban J connectivity index is 3.08. The molecule has 148 valence electrons. The summed E-state index contributed by atoms with van der Waals surface area (Å²) in [5.41, 5.74) is 2.27. The highest BCUT2D eigenvalue weighted by Crippen LogP contribution is 2.40. The predicted octanol–water partition coefficient (Wildman–Crippen LogP) is 4.57. The molecule has 1 rings (SSSR count). The number of hydrogen-bond donors (Lipinski definition) is 1. The van der Waals surface area contributed by atoms with Gasteiger partial charge in [0.15, 0.2) is 0 Å². The van der Waals surface area contributed by atoms with Gasteiger partial charge in [0.1, 0.15) is 6.04 Å². The van der Waals surface area contributed by atoms with Crippen molar-refractivity contribution in [3.05, 3.63) is 34.9 Å². The van der Waals surface area contributed by atoms with Crippen LogP contribution in [-0.2, 0) is 28.3 Å². The number of nitrogens with two attached hydrogens (primary N) is 1. The van der Waals surface area contributed by atoms with Crippen LogP contribution in [0.1, 0.15) is 42.9 Å². The molecule has 0 spiro atoms. The lowest BCUT2D eigenvalue weighted by molar-refractivity contribution is -0.144. The zero-order valence-electron chi connectivity index (χ0n) is 14.4. The number of carbonyl (C=O) groups excluding carboxylic acids is 1. The normalized spacial score (nSPS) is 14.8. The van der Waals surface area contributed by atoms with Crippen molar-refractivity contribution in [2.24, 2.45) is 11.7 Å². The molecule has 0 saturated carbocycles. The molecule has 2 unspecified atom stereocenters. The lowest BCUT2D eigenvalue weighted by Gasteiger charge is -2.22. The SMILES string of the molecule is CCC(CCc1c(C(F)(F)F)cccc1C(F)(F)F)CC(N)C(=O)OC. The van der Waals surface area contributed by atoms with Crippen LogP contribution in [0.5, 0.6) is 0 Å². The Morgan fingerprint density at radius 1 is 1.12 bits per heavy atom. The summed E-state index contributed by atoms with van der Waals surface area (Å²) in [7, 11) is 1.15. The summed E-state index contributed by atoms with van der Waals surface area (Å²) in [4.78, 5) is 11.4. The Kier molecular flexibility index (Phi) is 7.49. The minimum Gasteiger partial charge on any atom is -0.468 e. The summed E-state index contributed by atoms with van der Waals surface area (Å²) in [6.45, 7) is 1.73. The smallest absolute Gasteiger partial charge is 0.416 e. The van der Waals surface area contributed by atoms with Crippen molar-refractivity contribution in [3.8, 4) is 0 Å². The van der Waals surface area contributed by atoms with E-state index < -0.39 is 47.5 Å². The second-order valence-corrected chi connectivity index (χ2v) is 6.01. The molecule has 1 aromatic rings. The van der Waals surface area contributed by atoms with Gasteiger partial charge < -0.3 is 10.5 Å². The van der Waals surface area contributed by atoms with Crippen molar-refractivity contribution in [1.82, 2.24) is 0 Å². The molecule has 2 N–H and O–H groups in total. The molecule has 0 aliphatic carbocycles. The van der Waals surface area contributed by atoms with E-state index in [-0.39, 0.29) is 18.8 Å². The van der Waals surface area contributed by atoms with Crippen molar-refractivity contribution in [2.45, 2.75) is 51.0 Å². The average molecular weight is 385 g/mol. The summed E-state index contributed by atoms with van der Waals surface area (Å²) >= 11 is 0. The van der Waals surface area contributed by atoms with Crippen LogP contribution in [-0.4, -0.2) is 19.1 Å². The molecule has 0 radical (unpaired) electrons. The molecular formula is C17H21F6NO2. The van der Waals surface area contributed by atoms with Gasteiger partial charge >= 0.3 is 18.3 Å². The van der Waals surface area contributed by atoms with Crippen LogP contribution in [0.2, 0.25) is 0 Å². The Morgan fingerprint density at radius 3 is 2.00 bits per heavy atom. The van der Waals surface area contributed by atoms with Gasteiger partial charge in [-0.05, 0) is 42.9 Å². The first-order valence-corrected chi connectivity index (χ1v) is 8.01. The molecule has 2 atom stereocenters. The van der Waals surface area contributed by atoms with E-state index in [0.29, 0.717) is 18.6 Å². The third-order valence-electron chi connectivity index (χ3n) is 4.26. The maximum absolute atomic E-state index is 13.1. The number of carbonyl (C=O) groups is 1. The highest BCUT2D eigenvalue weighted by molar-refractivity contribution is 5.75. The predicted molar refractivity (Wildman–Crippen MR) is 83.2 cm³/mol. The van der Waals surface area contributed by atoms with E-state index in [1.807, 2.05) is 0 Å². The highest BCUT2D eigenvalue weighted by Gasteiger charge is 2.40. The zero-order chi connectivity index (χ0) is 20.1. The van der Waals surface area contributed by atoms with E-state index in [2.05, 4.69) is 4.74 Å². The van der Waals surface area contributed by atoms with Crippen LogP contribution < -0.4 is 5.73 Å². The molecule has 0 saturated heterocycles. The summed E-state index contributed by atoms with van der Waals surface area (Å²) in [6, 6.07) is 1.07. The topological polar surface area (TPSA) is 52.3 Å². The maximum Gasteiger partial charge on any atom is 0.416 e. The van der Waals surface area contributed by atoms with E-state index in [4.69, 9.17) is 5.73 Å². The van der Waals surface area contributed by atoms with Crippen molar-refractivity contribution in [3.63, 3.8) is 0 Å². The van der Waals surface area contributed by atoms with Crippen molar-refractivity contribution in [2.75, 3.05) is 7.11 Å². The van der Waals surface area contributed by atoms with E-state index in [1.54, 1.807) is 6.92 Å². The van der Waals surface area contributed by atoms with Gasteiger partial charge in [0, 0.05) is 0 Å². The first-order chi connectivity index (χ1) is 11.9. The summed E-state index contributed by atoms with van der Waals surface area (Å²) in [6.07, 6.45) is -9.57. The number of benzene rings is 1. The van der Waals surface area contributed by atoms with Crippen LogP contribution in [0.25, 0.3) is 0 Å². The number of halogens is 6. The molecule has 3 nitrogen and oxygen atoms in total. The van der Waals surface area contributed by atoms with Crippen LogP contribution in [0.3, 0.4) is 0 Å². The van der Waals surface area contributed by atoms with Gasteiger partial charge in [-0.15, -0.1) is 0 Å². The lowest BCUT2D eigenvalue weighted by Crippen LogP contribution is -2.33. The number of hydrogen-bond acceptors (Lipinski definition) is 3. The fourth-order valence-electron chi connectivity index (χ4n) is 2.83. The van der Waals surface area contributed by atoms with Gasteiger partial charge in [-0.2, -0.15) is 26.3 Å². The fraction of sp³-hybridized carbons (Fsp3) is 0.588. The minimum atomic E-state index is -4.89. The van der Waals surface area contributed by atoms with Crippen LogP contribution >= 0.6 is 0 Å². The first-order valence-electron chi connectivity index (χ1n) is 8.01. The zero-order valence-corrected chi connectivity index (χ0v) is 14.4. The Morgan fingerprint density at radius 2 is 1.62 bits per heavy atom. The molecular weight excluding hydrogens is 364 g/mol. The Hall–Kier alpha value is -1.77. The Labute approximate surface area is 147 Å². The number of esters is 1. The third-order valence-corrected chi connectivity index (χ3v) is 4.26. The molecule has 1 aromatic carbocycles. The second kappa shape index (κ2) is 8.75. The van der Waals surface area contributed by atoms with Gasteiger partial charge in [0.05, 0.1) is 18.2 Å². The second-order valence-electron chi connectivity index (χ2n) is 6.01. The minimum absolute atomic E-state index is 0.0391. The summed E-state index contributed by atoms with van der Waals surface area (Å²) in [5, 5.41) is 0. The standard InChI is InChI=1S/C17H21F6NO2/c1-3-10(9-14(24)15(25)26-2)7-8-11-12(16(18,19)20)5-4-6-13(11)17(21,22)23/h4-6,10,14H,3,7-9,24H2,1-2H3. The largest absolute Gasteiger partial charge is 0.468 e. The molecule has 0 bridgehead atoms. The van der Waals surface area contributed by atoms with Gasteiger partial charge in [0.2, 0.25) is 0 Å². The molecule has 0 fully saturated rings. The molecule has 26 heavy (non-hydrogen) atoms. The summed E-state index contributed by atoms with van der Waals surface area (Å²) in [5.74, 6) is -0.985. The molecule has 9 heteroatoms. The summed E-state index contributed by atoms with van der Waals surface area (Å²) < 4.78 is 83.3. The molecule has 0 aliphatic heterocycles.